The number of hydrogen-bond donors (Lipinski definition) is 1. The minimum Gasteiger partial charge on any atom is -0.354 e. The van der Waals surface area contributed by atoms with Gasteiger partial charge in [-0.15, -0.1) is 0 Å². The second-order valence-corrected chi connectivity index (χ2v) is 8.80. The van der Waals surface area contributed by atoms with Crippen molar-refractivity contribution in [2.75, 3.05) is 5.32 Å². The summed E-state index contributed by atoms with van der Waals surface area (Å²) in [5.74, 6) is 0. The zero-order valence-electron chi connectivity index (χ0n) is 18.3. The molecule has 5 aromatic carbocycles. The molecular formula is C31H22N2. The SMILES string of the molecule is Cc1ccc2c(ccc3c4c(n(-c5ccccc5)c32)-c2ccccc2Nc2ccccc2-4)c1. The molecule has 1 aliphatic heterocycles. The molecule has 6 aromatic rings. The Morgan fingerprint density at radius 2 is 1.27 bits per heavy atom. The van der Waals surface area contributed by atoms with E-state index in [1.807, 2.05) is 0 Å². The predicted octanol–water partition coefficient (Wildman–Crippen LogP) is 8.48. The molecule has 0 spiro atoms. The molecule has 0 bridgehead atoms. The summed E-state index contributed by atoms with van der Waals surface area (Å²) in [6.45, 7) is 2.16. The van der Waals surface area contributed by atoms with Gasteiger partial charge in [-0.1, -0.05) is 90.5 Å². The Bertz CT molecular complexity index is 1690. The van der Waals surface area contributed by atoms with Gasteiger partial charge in [0.05, 0.1) is 11.2 Å². The maximum absolute atomic E-state index is 3.71. The first-order valence-electron chi connectivity index (χ1n) is 11.4. The fraction of sp³-hybridized carbons (Fsp3) is 0.0323. The van der Waals surface area contributed by atoms with E-state index in [2.05, 4.69) is 126 Å². The number of hydrogen-bond acceptors (Lipinski definition) is 1. The summed E-state index contributed by atoms with van der Waals surface area (Å²) in [7, 11) is 0. The fourth-order valence-corrected chi connectivity index (χ4v) is 5.34. The first-order chi connectivity index (χ1) is 16.3. The van der Waals surface area contributed by atoms with Crippen LogP contribution in [0.1, 0.15) is 5.56 Å². The number of nitrogens with zero attached hydrogens (tertiary/aromatic N) is 1. The third kappa shape index (κ3) is 2.61. The molecule has 2 nitrogen and oxygen atoms in total. The average molecular weight is 423 g/mol. The smallest absolute Gasteiger partial charge is 0.0641 e. The highest BCUT2D eigenvalue weighted by Gasteiger charge is 2.27. The molecule has 0 aliphatic carbocycles. The Morgan fingerprint density at radius 1 is 0.606 bits per heavy atom. The first kappa shape index (κ1) is 18.3. The zero-order valence-corrected chi connectivity index (χ0v) is 18.3. The first-order valence-corrected chi connectivity index (χ1v) is 11.4. The van der Waals surface area contributed by atoms with Gasteiger partial charge in [0.1, 0.15) is 0 Å². The summed E-state index contributed by atoms with van der Waals surface area (Å²) < 4.78 is 2.46. The molecule has 2 heterocycles. The molecule has 0 atom stereocenters. The van der Waals surface area contributed by atoms with Gasteiger partial charge in [0, 0.05) is 44.5 Å². The Morgan fingerprint density at radius 3 is 2.09 bits per heavy atom. The number of para-hydroxylation sites is 3. The zero-order chi connectivity index (χ0) is 21.9. The summed E-state index contributed by atoms with van der Waals surface area (Å²) in [5.41, 5.74) is 10.9. The van der Waals surface area contributed by atoms with E-state index in [1.165, 1.54) is 55.3 Å². The van der Waals surface area contributed by atoms with Gasteiger partial charge in [-0.2, -0.15) is 0 Å². The van der Waals surface area contributed by atoms with Gasteiger partial charge >= 0.3 is 0 Å². The fourth-order valence-electron chi connectivity index (χ4n) is 5.34. The van der Waals surface area contributed by atoms with Crippen molar-refractivity contribution in [2.24, 2.45) is 0 Å². The number of anilines is 2. The lowest BCUT2D eigenvalue weighted by Gasteiger charge is -2.15. The number of aryl methyl sites for hydroxylation is 1. The number of benzene rings is 5. The van der Waals surface area contributed by atoms with Crippen LogP contribution in [0.25, 0.3) is 49.7 Å². The van der Waals surface area contributed by atoms with Crippen molar-refractivity contribution in [1.29, 1.82) is 0 Å². The van der Waals surface area contributed by atoms with E-state index >= 15 is 0 Å². The molecule has 0 saturated heterocycles. The maximum atomic E-state index is 3.71. The van der Waals surface area contributed by atoms with E-state index in [0.29, 0.717) is 0 Å². The molecule has 0 amide bonds. The van der Waals surface area contributed by atoms with Gasteiger partial charge in [-0.3, -0.25) is 0 Å². The summed E-state index contributed by atoms with van der Waals surface area (Å²) in [5, 5.41) is 7.53. The van der Waals surface area contributed by atoms with Crippen LogP contribution >= 0.6 is 0 Å². The van der Waals surface area contributed by atoms with Crippen molar-refractivity contribution < 1.29 is 0 Å². The van der Waals surface area contributed by atoms with Gasteiger partial charge < -0.3 is 9.88 Å². The molecule has 0 saturated carbocycles. The highest BCUT2D eigenvalue weighted by Crippen LogP contribution is 2.51. The van der Waals surface area contributed by atoms with Crippen LogP contribution in [-0.4, -0.2) is 4.57 Å². The van der Waals surface area contributed by atoms with Crippen molar-refractivity contribution in [3.63, 3.8) is 0 Å². The van der Waals surface area contributed by atoms with Gasteiger partial charge in [0.2, 0.25) is 0 Å². The summed E-state index contributed by atoms with van der Waals surface area (Å²) in [6, 6.07) is 39.4. The Labute approximate surface area is 192 Å². The van der Waals surface area contributed by atoms with Crippen LogP contribution in [0.15, 0.2) is 109 Å². The molecule has 1 N–H and O–H groups in total. The lowest BCUT2D eigenvalue weighted by Crippen LogP contribution is -1.99. The van der Waals surface area contributed by atoms with Gasteiger partial charge in [0.15, 0.2) is 0 Å². The van der Waals surface area contributed by atoms with E-state index < -0.39 is 0 Å². The van der Waals surface area contributed by atoms with Gasteiger partial charge in [-0.05, 0) is 36.6 Å². The molecular weight excluding hydrogens is 400 g/mol. The predicted molar refractivity (Wildman–Crippen MR) is 140 cm³/mol. The largest absolute Gasteiger partial charge is 0.354 e. The van der Waals surface area contributed by atoms with Gasteiger partial charge in [0.25, 0.3) is 0 Å². The van der Waals surface area contributed by atoms with Crippen LogP contribution in [0.3, 0.4) is 0 Å². The van der Waals surface area contributed by atoms with Crippen LogP contribution in [0.4, 0.5) is 11.4 Å². The van der Waals surface area contributed by atoms with Gasteiger partial charge in [-0.25, -0.2) is 0 Å². The Hall–Kier alpha value is -4.30. The molecule has 33 heavy (non-hydrogen) atoms. The van der Waals surface area contributed by atoms with Crippen LogP contribution in [0.2, 0.25) is 0 Å². The minimum atomic E-state index is 1.13. The van der Waals surface area contributed by atoms with Crippen molar-refractivity contribution in [1.82, 2.24) is 4.57 Å². The van der Waals surface area contributed by atoms with E-state index in [4.69, 9.17) is 0 Å². The third-order valence-electron chi connectivity index (χ3n) is 6.76. The van der Waals surface area contributed by atoms with Crippen LogP contribution in [0, 0.1) is 6.92 Å². The second kappa shape index (κ2) is 6.85. The highest BCUT2D eigenvalue weighted by molar-refractivity contribution is 6.18. The normalized spacial score (nSPS) is 12.0. The molecule has 1 aromatic heterocycles. The van der Waals surface area contributed by atoms with E-state index in [0.717, 1.165) is 11.4 Å². The lowest BCUT2D eigenvalue weighted by atomic mass is 9.97. The number of rotatable bonds is 1. The molecule has 7 rings (SSSR count). The monoisotopic (exact) mass is 422 g/mol. The molecule has 0 fully saturated rings. The number of nitrogens with one attached hydrogen (secondary N) is 1. The molecule has 0 radical (unpaired) electrons. The Kier molecular flexibility index (Phi) is 3.80. The molecule has 1 aliphatic rings. The summed E-state index contributed by atoms with van der Waals surface area (Å²) >= 11 is 0. The maximum Gasteiger partial charge on any atom is 0.0641 e. The highest BCUT2D eigenvalue weighted by atomic mass is 15.0. The van der Waals surface area contributed by atoms with Crippen LogP contribution < -0.4 is 5.32 Å². The van der Waals surface area contributed by atoms with Crippen molar-refractivity contribution in [3.05, 3.63) is 115 Å². The number of fused-ring (bicyclic) bond motifs is 9. The Balaban J connectivity index is 1.78. The van der Waals surface area contributed by atoms with Crippen molar-refractivity contribution >= 4 is 33.1 Å². The summed E-state index contributed by atoms with van der Waals surface area (Å²) in [6.07, 6.45) is 0. The third-order valence-corrected chi connectivity index (χ3v) is 6.76. The van der Waals surface area contributed by atoms with E-state index in [9.17, 15) is 0 Å². The quantitative estimate of drug-likeness (QED) is 0.281. The number of aromatic nitrogens is 1. The van der Waals surface area contributed by atoms with Crippen LogP contribution in [-0.2, 0) is 0 Å². The second-order valence-electron chi connectivity index (χ2n) is 8.80. The van der Waals surface area contributed by atoms with Crippen molar-refractivity contribution in [3.8, 4) is 28.1 Å². The molecule has 2 heteroatoms. The topological polar surface area (TPSA) is 17.0 Å². The van der Waals surface area contributed by atoms with Crippen LogP contribution in [0.5, 0.6) is 0 Å². The molecule has 0 unspecified atom stereocenters. The lowest BCUT2D eigenvalue weighted by molar-refractivity contribution is 1.14. The molecule has 156 valence electrons. The van der Waals surface area contributed by atoms with E-state index in [1.54, 1.807) is 0 Å². The minimum absolute atomic E-state index is 1.13. The van der Waals surface area contributed by atoms with E-state index in [-0.39, 0.29) is 0 Å². The van der Waals surface area contributed by atoms with Crippen molar-refractivity contribution in [2.45, 2.75) is 6.92 Å². The average Bonchev–Trinajstić information content (AvgIpc) is 3.12. The summed E-state index contributed by atoms with van der Waals surface area (Å²) in [4.78, 5) is 0. The standard InChI is InChI=1S/C31H22N2/c1-20-15-17-23-21(19-20)16-18-26-29-24-11-5-7-13-27(24)32-28-14-8-6-12-25(28)31(29)33(30(23)26)22-9-3-2-4-10-22/h2-19,32H,1H3.